The second-order valence-electron chi connectivity index (χ2n) is 4.31. The molecule has 0 aliphatic rings. The first-order valence-corrected chi connectivity index (χ1v) is 7.42. The number of sulfone groups is 1. The normalized spacial score (nSPS) is 12.7. The van der Waals surface area contributed by atoms with Gasteiger partial charge in [0.15, 0.2) is 15.5 Å². The Bertz CT molecular complexity index is 731. The van der Waals surface area contributed by atoms with Crippen molar-refractivity contribution in [3.63, 3.8) is 0 Å². The first kappa shape index (κ1) is 14.6. The van der Waals surface area contributed by atoms with E-state index in [1.807, 2.05) is 0 Å². The number of hydrogen-bond acceptors (Lipinski definition) is 3. The molecule has 0 radical (unpaired) electrons. The summed E-state index contributed by atoms with van der Waals surface area (Å²) in [5.74, 6) is 0.171. The molecule has 2 aromatic rings. The Morgan fingerprint density at radius 2 is 1.70 bits per heavy atom. The van der Waals surface area contributed by atoms with E-state index in [-0.39, 0.29) is 10.7 Å². The van der Waals surface area contributed by atoms with Crippen LogP contribution < -0.4 is 0 Å². The Morgan fingerprint density at radius 3 is 2.10 bits per heavy atom. The second kappa shape index (κ2) is 4.62. The third-order valence-corrected chi connectivity index (χ3v) is 3.84. The highest BCUT2D eigenvalue weighted by Gasteiger charge is 2.34. The molecule has 8 heteroatoms. The first-order chi connectivity index (χ1) is 9.09. The summed E-state index contributed by atoms with van der Waals surface area (Å²) in [7, 11) is -3.33. The van der Waals surface area contributed by atoms with E-state index < -0.39 is 21.7 Å². The third-order valence-electron chi connectivity index (χ3n) is 2.72. The van der Waals surface area contributed by atoms with Crippen LogP contribution in [0.4, 0.5) is 13.2 Å². The monoisotopic (exact) mass is 304 g/mol. The molecule has 0 unspecified atom stereocenters. The molecule has 0 fully saturated rings. The van der Waals surface area contributed by atoms with E-state index >= 15 is 0 Å². The quantitative estimate of drug-likeness (QED) is 0.857. The van der Waals surface area contributed by atoms with E-state index in [1.165, 1.54) is 35.8 Å². The lowest BCUT2D eigenvalue weighted by molar-refractivity contribution is -0.141. The van der Waals surface area contributed by atoms with Crippen molar-refractivity contribution in [2.75, 3.05) is 6.26 Å². The molecule has 0 spiro atoms. The Kier molecular flexibility index (Phi) is 3.37. The molecular weight excluding hydrogens is 293 g/mol. The topological polar surface area (TPSA) is 52.0 Å². The molecule has 2 rings (SSSR count). The predicted octanol–water partition coefficient (Wildman–Crippen LogP) is 2.60. The molecule has 0 N–H and O–H groups in total. The van der Waals surface area contributed by atoms with Crippen LogP contribution in [0.1, 0.15) is 11.5 Å². The first-order valence-electron chi connectivity index (χ1n) is 5.53. The van der Waals surface area contributed by atoms with Gasteiger partial charge in [0, 0.05) is 18.1 Å². The van der Waals surface area contributed by atoms with Gasteiger partial charge in [-0.1, -0.05) is 0 Å². The summed E-state index contributed by atoms with van der Waals surface area (Å²) >= 11 is 0. The number of alkyl halides is 3. The average Bonchev–Trinajstić information content (AvgIpc) is 2.70. The van der Waals surface area contributed by atoms with Crippen LogP contribution in [0.25, 0.3) is 5.69 Å². The summed E-state index contributed by atoms with van der Waals surface area (Å²) in [4.78, 5) is 3.56. The largest absolute Gasteiger partial charge is 0.434 e. The highest BCUT2D eigenvalue weighted by Crippen LogP contribution is 2.29. The van der Waals surface area contributed by atoms with Gasteiger partial charge in [-0.25, -0.2) is 13.4 Å². The van der Waals surface area contributed by atoms with E-state index in [1.54, 1.807) is 0 Å². The minimum atomic E-state index is -4.51. The minimum absolute atomic E-state index is 0.107. The molecule has 0 bridgehead atoms. The Morgan fingerprint density at radius 1 is 1.15 bits per heavy atom. The van der Waals surface area contributed by atoms with Gasteiger partial charge in [0.2, 0.25) is 0 Å². The molecule has 0 aliphatic heterocycles. The molecule has 0 atom stereocenters. The van der Waals surface area contributed by atoms with Gasteiger partial charge in [0.25, 0.3) is 0 Å². The van der Waals surface area contributed by atoms with Crippen LogP contribution in [0.15, 0.2) is 35.4 Å². The number of hydrogen-bond donors (Lipinski definition) is 0. The summed E-state index contributed by atoms with van der Waals surface area (Å²) in [6.45, 7) is 1.44. The number of aromatic nitrogens is 2. The van der Waals surface area contributed by atoms with Crippen LogP contribution in [-0.4, -0.2) is 24.2 Å². The van der Waals surface area contributed by atoms with Crippen molar-refractivity contribution in [1.82, 2.24) is 9.55 Å². The van der Waals surface area contributed by atoms with Gasteiger partial charge in [-0.15, -0.1) is 0 Å². The van der Waals surface area contributed by atoms with Crippen LogP contribution in [0, 0.1) is 6.92 Å². The molecule has 0 amide bonds. The number of halogens is 3. The number of rotatable bonds is 2. The lowest BCUT2D eigenvalue weighted by atomic mass is 10.3. The Hall–Kier alpha value is -1.83. The minimum Gasteiger partial charge on any atom is -0.303 e. The number of imidazole rings is 1. The van der Waals surface area contributed by atoms with E-state index in [0.29, 0.717) is 5.69 Å². The van der Waals surface area contributed by atoms with E-state index in [2.05, 4.69) is 4.98 Å². The van der Waals surface area contributed by atoms with Crippen molar-refractivity contribution in [3.05, 3.63) is 42.0 Å². The molecule has 0 saturated heterocycles. The summed E-state index contributed by atoms with van der Waals surface area (Å²) in [5.41, 5.74) is -0.569. The predicted molar refractivity (Wildman–Crippen MR) is 66.4 cm³/mol. The Labute approximate surface area is 113 Å². The maximum Gasteiger partial charge on any atom is 0.434 e. The van der Waals surface area contributed by atoms with Gasteiger partial charge in [0.05, 0.1) is 4.90 Å². The smallest absolute Gasteiger partial charge is 0.303 e. The van der Waals surface area contributed by atoms with Gasteiger partial charge >= 0.3 is 6.18 Å². The fraction of sp³-hybridized carbons (Fsp3) is 0.250. The van der Waals surface area contributed by atoms with Crippen molar-refractivity contribution in [3.8, 4) is 5.69 Å². The van der Waals surface area contributed by atoms with Gasteiger partial charge in [0.1, 0.15) is 5.82 Å². The zero-order chi connectivity index (χ0) is 15.1. The standard InChI is InChI=1S/C12H11F3N2O2S/c1-8-16-11(12(13,14)15)7-17(8)9-3-5-10(6-4-9)20(2,18)19/h3-7H,1-2H3. The van der Waals surface area contributed by atoms with E-state index in [9.17, 15) is 21.6 Å². The van der Waals surface area contributed by atoms with E-state index in [4.69, 9.17) is 0 Å². The van der Waals surface area contributed by atoms with Crippen molar-refractivity contribution in [2.45, 2.75) is 18.0 Å². The van der Waals surface area contributed by atoms with Gasteiger partial charge in [-0.3, -0.25) is 0 Å². The maximum absolute atomic E-state index is 12.6. The molecule has 0 aliphatic carbocycles. The molecule has 1 heterocycles. The lowest BCUT2D eigenvalue weighted by Crippen LogP contribution is -2.05. The third kappa shape index (κ3) is 2.84. The number of benzene rings is 1. The zero-order valence-electron chi connectivity index (χ0n) is 10.6. The van der Waals surface area contributed by atoms with Gasteiger partial charge in [-0.2, -0.15) is 13.2 Å². The van der Waals surface area contributed by atoms with Crippen LogP contribution >= 0.6 is 0 Å². The van der Waals surface area contributed by atoms with Crippen molar-refractivity contribution < 1.29 is 21.6 Å². The summed E-state index contributed by atoms with van der Waals surface area (Å²) in [6, 6.07) is 5.56. The average molecular weight is 304 g/mol. The fourth-order valence-corrected chi connectivity index (χ4v) is 2.36. The summed E-state index contributed by atoms with van der Waals surface area (Å²) < 4.78 is 61.6. The molecule has 0 saturated carbocycles. The highest BCUT2D eigenvalue weighted by molar-refractivity contribution is 7.90. The summed E-state index contributed by atoms with van der Waals surface area (Å²) in [6.07, 6.45) is -2.57. The molecule has 1 aromatic carbocycles. The Balaban J connectivity index is 2.45. The van der Waals surface area contributed by atoms with Crippen LogP contribution in [0.5, 0.6) is 0 Å². The lowest BCUT2D eigenvalue weighted by Gasteiger charge is -2.05. The fourth-order valence-electron chi connectivity index (χ4n) is 1.72. The highest BCUT2D eigenvalue weighted by atomic mass is 32.2. The summed E-state index contributed by atoms with van der Waals surface area (Å²) in [5, 5.41) is 0. The molecule has 1 aromatic heterocycles. The van der Waals surface area contributed by atoms with Crippen LogP contribution in [0.3, 0.4) is 0 Å². The van der Waals surface area contributed by atoms with Gasteiger partial charge in [-0.05, 0) is 31.2 Å². The van der Waals surface area contributed by atoms with E-state index in [0.717, 1.165) is 12.5 Å². The zero-order valence-corrected chi connectivity index (χ0v) is 11.5. The molecule has 20 heavy (non-hydrogen) atoms. The van der Waals surface area contributed by atoms with Crippen LogP contribution in [-0.2, 0) is 16.0 Å². The van der Waals surface area contributed by atoms with Crippen molar-refractivity contribution in [2.24, 2.45) is 0 Å². The number of aryl methyl sites for hydroxylation is 1. The van der Waals surface area contributed by atoms with Crippen LogP contribution in [0.2, 0.25) is 0 Å². The van der Waals surface area contributed by atoms with Crippen molar-refractivity contribution >= 4 is 9.84 Å². The second-order valence-corrected chi connectivity index (χ2v) is 6.32. The van der Waals surface area contributed by atoms with Gasteiger partial charge < -0.3 is 4.57 Å². The number of nitrogens with zero attached hydrogens (tertiary/aromatic N) is 2. The molecular formula is C12H11F3N2O2S. The molecule has 108 valence electrons. The van der Waals surface area contributed by atoms with Crippen molar-refractivity contribution in [1.29, 1.82) is 0 Å². The molecule has 4 nitrogen and oxygen atoms in total. The maximum atomic E-state index is 12.6. The SMILES string of the molecule is Cc1nc(C(F)(F)F)cn1-c1ccc(S(C)(=O)=O)cc1.